The van der Waals surface area contributed by atoms with Crippen molar-refractivity contribution in [1.29, 1.82) is 0 Å². The molecule has 6 nitrogen and oxygen atoms in total. The first-order valence-corrected chi connectivity index (χ1v) is 10.2. The first kappa shape index (κ1) is 18.0. The standard InChI is InChI=1S/C20H25N5OS/c1-3-21-20(22-10-16-14-27-19-7-5-4-6-17(16)19)25-8-9-26-18(13-25)15-11-23-24(2)12-15/h4-7,11-12,14,18H,3,8-10,13H2,1-2H3,(H,21,22). The predicted molar refractivity (Wildman–Crippen MR) is 110 cm³/mol. The quantitative estimate of drug-likeness (QED) is 0.555. The number of nitrogens with zero attached hydrogens (tertiary/aromatic N) is 4. The lowest BCUT2D eigenvalue weighted by Gasteiger charge is -2.34. The fourth-order valence-electron chi connectivity index (χ4n) is 3.39. The number of ether oxygens (including phenoxy) is 1. The van der Waals surface area contributed by atoms with Gasteiger partial charge in [0.15, 0.2) is 5.96 Å². The molecule has 0 radical (unpaired) electrons. The van der Waals surface area contributed by atoms with Gasteiger partial charge in [-0.15, -0.1) is 11.3 Å². The molecule has 1 aliphatic rings. The molecular formula is C20H25N5OS. The molecule has 1 aliphatic heterocycles. The number of rotatable bonds is 4. The Morgan fingerprint density at radius 1 is 1.41 bits per heavy atom. The highest BCUT2D eigenvalue weighted by molar-refractivity contribution is 7.17. The molecule has 142 valence electrons. The van der Waals surface area contributed by atoms with Gasteiger partial charge < -0.3 is 15.0 Å². The number of guanidine groups is 1. The molecule has 1 aromatic carbocycles. The number of morpholine rings is 1. The molecular weight excluding hydrogens is 358 g/mol. The van der Waals surface area contributed by atoms with Crippen LogP contribution in [-0.2, 0) is 18.3 Å². The maximum absolute atomic E-state index is 5.97. The van der Waals surface area contributed by atoms with Crippen LogP contribution in [0, 0.1) is 0 Å². The SMILES string of the molecule is CCNC(=NCc1csc2ccccc12)N1CCOC(c2cnn(C)c2)C1. The summed E-state index contributed by atoms with van der Waals surface area (Å²) in [5.74, 6) is 0.949. The number of aliphatic imine (C=N–C) groups is 1. The minimum atomic E-state index is 0.0262. The molecule has 4 rings (SSSR count). The van der Waals surface area contributed by atoms with E-state index in [2.05, 4.69) is 51.9 Å². The van der Waals surface area contributed by atoms with Crippen LogP contribution in [0.5, 0.6) is 0 Å². The monoisotopic (exact) mass is 383 g/mol. The molecule has 7 heteroatoms. The van der Waals surface area contributed by atoms with Crippen molar-refractivity contribution >= 4 is 27.4 Å². The normalized spacial score (nSPS) is 18.2. The van der Waals surface area contributed by atoms with E-state index in [0.29, 0.717) is 13.2 Å². The number of thiophene rings is 1. The Balaban J connectivity index is 1.51. The van der Waals surface area contributed by atoms with E-state index in [-0.39, 0.29) is 6.10 Å². The molecule has 1 atom stereocenters. The van der Waals surface area contributed by atoms with E-state index >= 15 is 0 Å². The van der Waals surface area contributed by atoms with E-state index < -0.39 is 0 Å². The molecule has 3 heterocycles. The third-order valence-corrected chi connectivity index (χ3v) is 5.77. The van der Waals surface area contributed by atoms with Crippen molar-refractivity contribution in [1.82, 2.24) is 20.0 Å². The zero-order valence-electron chi connectivity index (χ0n) is 15.8. The van der Waals surface area contributed by atoms with Crippen LogP contribution in [0.4, 0.5) is 0 Å². The molecule has 1 N–H and O–H groups in total. The molecule has 1 saturated heterocycles. The van der Waals surface area contributed by atoms with Gasteiger partial charge in [0.2, 0.25) is 0 Å². The van der Waals surface area contributed by atoms with Crippen LogP contribution >= 0.6 is 11.3 Å². The van der Waals surface area contributed by atoms with Crippen LogP contribution in [0.3, 0.4) is 0 Å². The molecule has 27 heavy (non-hydrogen) atoms. The first-order chi connectivity index (χ1) is 13.2. The number of nitrogens with one attached hydrogen (secondary N) is 1. The number of aromatic nitrogens is 2. The Morgan fingerprint density at radius 2 is 2.30 bits per heavy atom. The van der Waals surface area contributed by atoms with E-state index in [1.165, 1.54) is 15.6 Å². The van der Waals surface area contributed by atoms with Crippen LogP contribution in [0.25, 0.3) is 10.1 Å². The lowest BCUT2D eigenvalue weighted by molar-refractivity contribution is -0.00805. The first-order valence-electron chi connectivity index (χ1n) is 9.33. The zero-order valence-corrected chi connectivity index (χ0v) is 16.6. The van der Waals surface area contributed by atoms with Gasteiger partial charge in [0.1, 0.15) is 6.10 Å². The Kier molecular flexibility index (Phi) is 5.40. The van der Waals surface area contributed by atoms with Gasteiger partial charge in [-0.05, 0) is 29.3 Å². The summed E-state index contributed by atoms with van der Waals surface area (Å²) in [7, 11) is 1.93. The number of fused-ring (bicyclic) bond motifs is 1. The largest absolute Gasteiger partial charge is 0.370 e. The summed E-state index contributed by atoms with van der Waals surface area (Å²) in [4.78, 5) is 7.22. The van der Waals surface area contributed by atoms with Gasteiger partial charge in [0, 0.05) is 36.6 Å². The smallest absolute Gasteiger partial charge is 0.194 e. The van der Waals surface area contributed by atoms with E-state index in [9.17, 15) is 0 Å². The van der Waals surface area contributed by atoms with Gasteiger partial charge in [-0.25, -0.2) is 4.99 Å². The van der Waals surface area contributed by atoms with Gasteiger partial charge >= 0.3 is 0 Å². The van der Waals surface area contributed by atoms with Gasteiger partial charge in [-0.1, -0.05) is 18.2 Å². The third-order valence-electron chi connectivity index (χ3n) is 4.76. The van der Waals surface area contributed by atoms with E-state index in [1.54, 1.807) is 11.3 Å². The Bertz CT molecular complexity index is 931. The second-order valence-electron chi connectivity index (χ2n) is 6.68. The van der Waals surface area contributed by atoms with Crippen molar-refractivity contribution in [3.8, 4) is 0 Å². The molecule has 0 saturated carbocycles. The highest BCUT2D eigenvalue weighted by Crippen LogP contribution is 2.26. The van der Waals surface area contributed by atoms with Crippen LogP contribution in [0.2, 0.25) is 0 Å². The molecule has 0 spiro atoms. The van der Waals surface area contributed by atoms with Crippen molar-refractivity contribution in [2.45, 2.75) is 19.6 Å². The summed E-state index contributed by atoms with van der Waals surface area (Å²) in [5, 5.41) is 11.2. The summed E-state index contributed by atoms with van der Waals surface area (Å²) in [6.45, 7) is 5.94. The lowest BCUT2D eigenvalue weighted by Crippen LogP contribution is -2.48. The van der Waals surface area contributed by atoms with Crippen molar-refractivity contribution in [2.24, 2.45) is 12.0 Å². The van der Waals surface area contributed by atoms with Crippen LogP contribution in [-0.4, -0.2) is 46.9 Å². The zero-order chi connectivity index (χ0) is 18.6. The minimum Gasteiger partial charge on any atom is -0.370 e. The minimum absolute atomic E-state index is 0.0262. The molecule has 0 bridgehead atoms. The summed E-state index contributed by atoms with van der Waals surface area (Å²) in [6, 6.07) is 8.52. The average molecular weight is 384 g/mol. The molecule has 3 aromatic rings. The highest BCUT2D eigenvalue weighted by atomic mass is 32.1. The average Bonchev–Trinajstić information content (AvgIpc) is 3.32. The van der Waals surface area contributed by atoms with Crippen molar-refractivity contribution in [3.63, 3.8) is 0 Å². The lowest BCUT2D eigenvalue weighted by atomic mass is 10.1. The summed E-state index contributed by atoms with van der Waals surface area (Å²) < 4.78 is 9.10. The van der Waals surface area contributed by atoms with Gasteiger partial charge in [-0.3, -0.25) is 4.68 Å². The van der Waals surface area contributed by atoms with E-state index in [1.807, 2.05) is 24.1 Å². The van der Waals surface area contributed by atoms with Crippen LogP contribution < -0.4 is 5.32 Å². The van der Waals surface area contributed by atoms with E-state index in [4.69, 9.17) is 9.73 Å². The Hall–Kier alpha value is -2.38. The number of benzene rings is 1. The van der Waals surface area contributed by atoms with Crippen molar-refractivity contribution in [2.75, 3.05) is 26.2 Å². The van der Waals surface area contributed by atoms with E-state index in [0.717, 1.165) is 31.2 Å². The Morgan fingerprint density at radius 3 is 3.11 bits per heavy atom. The Labute approximate surface area is 163 Å². The molecule has 1 fully saturated rings. The second-order valence-corrected chi connectivity index (χ2v) is 7.59. The fourth-order valence-corrected chi connectivity index (χ4v) is 4.34. The summed E-state index contributed by atoms with van der Waals surface area (Å²) in [6.07, 6.45) is 3.93. The van der Waals surface area contributed by atoms with Crippen molar-refractivity contribution < 1.29 is 4.74 Å². The number of hydrogen-bond acceptors (Lipinski definition) is 4. The van der Waals surface area contributed by atoms with Gasteiger partial charge in [0.05, 0.1) is 25.9 Å². The highest BCUT2D eigenvalue weighted by Gasteiger charge is 2.25. The maximum Gasteiger partial charge on any atom is 0.194 e. The number of hydrogen-bond donors (Lipinski definition) is 1. The molecule has 1 unspecified atom stereocenters. The molecule has 2 aromatic heterocycles. The molecule has 0 aliphatic carbocycles. The van der Waals surface area contributed by atoms with Crippen molar-refractivity contribution in [3.05, 3.63) is 53.2 Å². The second kappa shape index (κ2) is 8.10. The maximum atomic E-state index is 5.97. The third kappa shape index (κ3) is 3.99. The van der Waals surface area contributed by atoms with Gasteiger partial charge in [-0.2, -0.15) is 5.10 Å². The number of aryl methyl sites for hydroxylation is 1. The summed E-state index contributed by atoms with van der Waals surface area (Å²) in [5.41, 5.74) is 2.39. The van der Waals surface area contributed by atoms with Gasteiger partial charge in [0.25, 0.3) is 0 Å². The fraction of sp³-hybridized carbons (Fsp3) is 0.400. The van der Waals surface area contributed by atoms with Crippen LogP contribution in [0.15, 0.2) is 47.0 Å². The topological polar surface area (TPSA) is 54.7 Å². The predicted octanol–water partition coefficient (Wildman–Crippen LogP) is 3.17. The summed E-state index contributed by atoms with van der Waals surface area (Å²) >= 11 is 1.78. The van der Waals surface area contributed by atoms with Crippen LogP contribution in [0.1, 0.15) is 24.2 Å². The molecule has 0 amide bonds.